The molecule has 2 heterocycles. The van der Waals surface area contributed by atoms with E-state index in [-0.39, 0.29) is 29.6 Å². The summed E-state index contributed by atoms with van der Waals surface area (Å²) in [6.07, 6.45) is 6.73. The van der Waals surface area contributed by atoms with E-state index in [4.69, 9.17) is 14.2 Å². The van der Waals surface area contributed by atoms with Gasteiger partial charge in [-0.05, 0) is 44.7 Å². The van der Waals surface area contributed by atoms with Crippen molar-refractivity contribution in [3.63, 3.8) is 0 Å². The number of ether oxygens (including phenoxy) is 3. The number of aryl methyl sites for hydroxylation is 1. The van der Waals surface area contributed by atoms with Crippen molar-refractivity contribution in [2.75, 3.05) is 12.1 Å². The lowest BCUT2D eigenvalue weighted by molar-refractivity contribution is -0.0429. The van der Waals surface area contributed by atoms with Gasteiger partial charge in [-0.15, -0.1) is 0 Å². The summed E-state index contributed by atoms with van der Waals surface area (Å²) in [5, 5.41) is 7.41. The molecule has 1 N–H and O–H groups in total. The summed E-state index contributed by atoms with van der Waals surface area (Å²) in [6.45, 7) is 1.40. The fourth-order valence-electron chi connectivity index (χ4n) is 4.04. The van der Waals surface area contributed by atoms with Crippen molar-refractivity contribution in [2.45, 2.75) is 51.7 Å². The van der Waals surface area contributed by atoms with Crippen LogP contribution in [0.5, 0.6) is 0 Å². The van der Waals surface area contributed by atoms with Crippen LogP contribution in [-0.2, 0) is 20.8 Å². The minimum Gasteiger partial charge on any atom is -0.431 e. The van der Waals surface area contributed by atoms with Crippen LogP contribution in [0.2, 0.25) is 0 Å². The summed E-state index contributed by atoms with van der Waals surface area (Å²) in [6, 6.07) is 12.4. The molecule has 1 aromatic carbocycles. The van der Waals surface area contributed by atoms with E-state index in [0.29, 0.717) is 11.3 Å². The summed E-state index contributed by atoms with van der Waals surface area (Å²) >= 11 is 0. The topological polar surface area (TPSA) is 122 Å². The monoisotopic (exact) mass is 492 g/mol. The zero-order valence-corrected chi connectivity index (χ0v) is 20.0. The molecular weight excluding hydrogens is 464 g/mol. The molecule has 0 radical (unpaired) electrons. The summed E-state index contributed by atoms with van der Waals surface area (Å²) in [5.41, 5.74) is 0.753. The number of hydrogen-bond donors (Lipinski definition) is 1. The van der Waals surface area contributed by atoms with Crippen molar-refractivity contribution in [2.24, 2.45) is 0 Å². The average Bonchev–Trinajstić information content (AvgIpc) is 2.91. The molecule has 10 heteroatoms. The Morgan fingerprint density at radius 1 is 1.06 bits per heavy atom. The number of carbonyl (C=O) groups is 2. The highest BCUT2D eigenvalue weighted by molar-refractivity contribution is 6.02. The standard InChI is InChI=1S/C26H28N4O6/c1-2-30-24(31)23(28-19-12-9-15-27-16-19)21(22(29-30)18-10-5-3-6-11-18)25(32)34-17-35-26(33)36-20-13-7-4-8-14-20/h3,5-6,9-12,15-16,20,28H,2,4,7-8,13-14,17H2,1H3. The third kappa shape index (κ3) is 6.07. The van der Waals surface area contributed by atoms with Crippen LogP contribution in [0.1, 0.15) is 49.4 Å². The van der Waals surface area contributed by atoms with E-state index in [1.54, 1.807) is 49.5 Å². The zero-order chi connectivity index (χ0) is 25.3. The van der Waals surface area contributed by atoms with Crippen LogP contribution >= 0.6 is 0 Å². The Morgan fingerprint density at radius 3 is 2.53 bits per heavy atom. The molecule has 1 saturated carbocycles. The number of nitrogens with one attached hydrogen (secondary N) is 1. The van der Waals surface area contributed by atoms with Gasteiger partial charge in [-0.3, -0.25) is 9.78 Å². The van der Waals surface area contributed by atoms with E-state index in [1.165, 1.54) is 10.9 Å². The molecule has 36 heavy (non-hydrogen) atoms. The van der Waals surface area contributed by atoms with E-state index in [2.05, 4.69) is 15.4 Å². The van der Waals surface area contributed by atoms with Gasteiger partial charge in [0, 0.05) is 18.3 Å². The molecule has 0 unspecified atom stereocenters. The predicted molar refractivity (Wildman–Crippen MR) is 132 cm³/mol. The molecule has 3 aromatic rings. The quantitative estimate of drug-likeness (QED) is 0.353. The smallest absolute Gasteiger partial charge is 0.431 e. The molecule has 0 bridgehead atoms. The Morgan fingerprint density at radius 2 is 1.83 bits per heavy atom. The minimum absolute atomic E-state index is 0.0199. The van der Waals surface area contributed by atoms with E-state index in [1.807, 2.05) is 6.07 Å². The van der Waals surface area contributed by atoms with Crippen LogP contribution in [0.4, 0.5) is 16.2 Å². The van der Waals surface area contributed by atoms with E-state index >= 15 is 0 Å². The van der Waals surface area contributed by atoms with Crippen molar-refractivity contribution in [1.29, 1.82) is 0 Å². The van der Waals surface area contributed by atoms with Gasteiger partial charge in [-0.25, -0.2) is 14.3 Å². The lowest BCUT2D eigenvalue weighted by atomic mass is 9.98. The maximum atomic E-state index is 13.3. The molecule has 0 aliphatic heterocycles. The maximum absolute atomic E-state index is 13.3. The van der Waals surface area contributed by atoms with Gasteiger partial charge in [-0.2, -0.15) is 5.10 Å². The molecule has 1 aliphatic rings. The Labute approximate surface area is 208 Å². The predicted octanol–water partition coefficient (Wildman–Crippen LogP) is 4.67. The van der Waals surface area contributed by atoms with Gasteiger partial charge in [0.2, 0.25) is 6.79 Å². The molecule has 0 saturated heterocycles. The van der Waals surface area contributed by atoms with Crippen LogP contribution < -0.4 is 10.9 Å². The third-order valence-electron chi connectivity index (χ3n) is 5.82. The summed E-state index contributed by atoms with van der Waals surface area (Å²) < 4.78 is 16.8. The zero-order valence-electron chi connectivity index (χ0n) is 20.0. The number of nitrogens with zero attached hydrogens (tertiary/aromatic N) is 3. The first-order valence-electron chi connectivity index (χ1n) is 11.9. The average molecular weight is 493 g/mol. The number of pyridine rings is 1. The first-order valence-corrected chi connectivity index (χ1v) is 11.9. The molecule has 188 valence electrons. The highest BCUT2D eigenvalue weighted by atomic mass is 16.8. The lowest BCUT2D eigenvalue weighted by Crippen LogP contribution is -2.29. The molecule has 0 amide bonds. The van der Waals surface area contributed by atoms with Gasteiger partial charge in [-0.1, -0.05) is 36.8 Å². The van der Waals surface area contributed by atoms with Crippen LogP contribution in [0, 0.1) is 0 Å². The number of aromatic nitrogens is 3. The molecule has 1 aliphatic carbocycles. The Hall–Kier alpha value is -4.21. The number of benzene rings is 1. The number of anilines is 2. The lowest BCUT2D eigenvalue weighted by Gasteiger charge is -2.21. The van der Waals surface area contributed by atoms with Gasteiger partial charge in [0.05, 0.1) is 11.9 Å². The van der Waals surface area contributed by atoms with E-state index in [9.17, 15) is 14.4 Å². The number of hydrogen-bond acceptors (Lipinski definition) is 9. The second-order valence-electron chi connectivity index (χ2n) is 8.27. The van der Waals surface area contributed by atoms with Gasteiger partial charge >= 0.3 is 12.1 Å². The highest BCUT2D eigenvalue weighted by Gasteiger charge is 2.26. The Balaban J connectivity index is 1.61. The van der Waals surface area contributed by atoms with Crippen molar-refractivity contribution in [3.05, 3.63) is 70.8 Å². The minimum atomic E-state index is -0.897. The molecule has 4 rings (SSSR count). The van der Waals surface area contributed by atoms with Crippen LogP contribution in [0.15, 0.2) is 59.7 Å². The fourth-order valence-corrected chi connectivity index (χ4v) is 4.04. The molecule has 2 aromatic heterocycles. The van der Waals surface area contributed by atoms with Gasteiger partial charge in [0.25, 0.3) is 5.56 Å². The third-order valence-corrected chi connectivity index (χ3v) is 5.82. The van der Waals surface area contributed by atoms with Crippen LogP contribution in [0.3, 0.4) is 0 Å². The molecule has 0 spiro atoms. The second-order valence-corrected chi connectivity index (χ2v) is 8.27. The van der Waals surface area contributed by atoms with Gasteiger partial charge in [0.1, 0.15) is 23.0 Å². The normalized spacial score (nSPS) is 13.6. The van der Waals surface area contributed by atoms with Crippen LogP contribution in [-0.4, -0.2) is 39.8 Å². The number of esters is 1. The van der Waals surface area contributed by atoms with Crippen molar-refractivity contribution in [3.8, 4) is 11.3 Å². The van der Waals surface area contributed by atoms with Crippen molar-refractivity contribution < 1.29 is 23.8 Å². The molecule has 1 fully saturated rings. The largest absolute Gasteiger partial charge is 0.511 e. The molecule has 10 nitrogen and oxygen atoms in total. The van der Waals surface area contributed by atoms with Crippen LogP contribution in [0.25, 0.3) is 11.3 Å². The number of rotatable bonds is 8. The van der Waals surface area contributed by atoms with Crippen molar-refractivity contribution in [1.82, 2.24) is 14.8 Å². The maximum Gasteiger partial charge on any atom is 0.511 e. The van der Waals surface area contributed by atoms with Crippen molar-refractivity contribution >= 4 is 23.5 Å². The van der Waals surface area contributed by atoms with Gasteiger partial charge < -0.3 is 19.5 Å². The first kappa shape index (κ1) is 24.9. The summed E-state index contributed by atoms with van der Waals surface area (Å²) in [4.78, 5) is 42.6. The second kappa shape index (κ2) is 12.0. The SMILES string of the molecule is CCn1nc(-c2ccccc2)c(C(=O)OCOC(=O)OC2CCCCC2)c(Nc2cccnc2)c1=O. The van der Waals surface area contributed by atoms with Gasteiger partial charge in [0.15, 0.2) is 0 Å². The number of carbonyl (C=O) groups excluding carboxylic acids is 2. The molecular formula is C26H28N4O6. The Bertz CT molecular complexity index is 1240. The summed E-state index contributed by atoms with van der Waals surface area (Å²) in [5.74, 6) is -0.876. The highest BCUT2D eigenvalue weighted by Crippen LogP contribution is 2.28. The molecule has 0 atom stereocenters. The fraction of sp³-hybridized carbons (Fsp3) is 0.346. The first-order chi connectivity index (χ1) is 17.6. The Kier molecular flexibility index (Phi) is 8.28. The van der Waals surface area contributed by atoms with E-state index in [0.717, 1.165) is 32.1 Å². The van der Waals surface area contributed by atoms with E-state index < -0.39 is 24.5 Å². The summed E-state index contributed by atoms with van der Waals surface area (Å²) in [7, 11) is 0.